The molecule has 0 spiro atoms. The van der Waals surface area contributed by atoms with Crippen LogP contribution in [0.15, 0.2) is 12.3 Å². The molecule has 0 atom stereocenters. The second-order valence-corrected chi connectivity index (χ2v) is 3.23. The van der Waals surface area contributed by atoms with Gasteiger partial charge in [-0.05, 0) is 6.92 Å². The van der Waals surface area contributed by atoms with Crippen molar-refractivity contribution in [1.82, 2.24) is 4.98 Å². The van der Waals surface area contributed by atoms with E-state index in [1.807, 2.05) is 0 Å². The molecule has 0 aliphatic carbocycles. The largest absolute Gasteiger partial charge is 0.478 e. The Labute approximate surface area is 101 Å². The third kappa shape index (κ3) is 3.24. The van der Waals surface area contributed by atoms with E-state index in [4.69, 9.17) is 5.11 Å². The predicted octanol–water partition coefficient (Wildman–Crippen LogP) is 0.794. The molecular formula is C10H10N2O6. The Balaban J connectivity index is 3.08. The topological polar surface area (TPSA) is 120 Å². The van der Waals surface area contributed by atoms with E-state index < -0.39 is 22.5 Å². The van der Waals surface area contributed by atoms with Crippen LogP contribution in [0.1, 0.15) is 23.0 Å². The lowest BCUT2D eigenvalue weighted by Crippen LogP contribution is -2.13. The molecule has 0 bridgehead atoms. The van der Waals surface area contributed by atoms with Gasteiger partial charge in [-0.3, -0.25) is 19.9 Å². The van der Waals surface area contributed by atoms with Crippen molar-refractivity contribution in [3.63, 3.8) is 0 Å². The summed E-state index contributed by atoms with van der Waals surface area (Å²) in [7, 11) is 0. The van der Waals surface area contributed by atoms with Gasteiger partial charge in [-0.15, -0.1) is 0 Å². The number of rotatable bonds is 5. The van der Waals surface area contributed by atoms with Crippen molar-refractivity contribution in [3.05, 3.63) is 33.6 Å². The number of carboxylic acids is 1. The van der Waals surface area contributed by atoms with Crippen LogP contribution in [-0.2, 0) is 16.0 Å². The molecule has 18 heavy (non-hydrogen) atoms. The van der Waals surface area contributed by atoms with E-state index in [0.717, 1.165) is 12.3 Å². The monoisotopic (exact) mass is 254 g/mol. The number of aromatic carboxylic acids is 1. The van der Waals surface area contributed by atoms with Crippen molar-refractivity contribution < 1.29 is 24.4 Å². The molecule has 96 valence electrons. The first-order chi connectivity index (χ1) is 8.45. The van der Waals surface area contributed by atoms with E-state index in [-0.39, 0.29) is 24.3 Å². The van der Waals surface area contributed by atoms with E-state index in [1.165, 1.54) is 0 Å². The van der Waals surface area contributed by atoms with Crippen LogP contribution in [0.25, 0.3) is 0 Å². The number of hydrogen-bond donors (Lipinski definition) is 1. The van der Waals surface area contributed by atoms with E-state index >= 15 is 0 Å². The van der Waals surface area contributed by atoms with E-state index in [1.54, 1.807) is 6.92 Å². The predicted molar refractivity (Wildman–Crippen MR) is 58.2 cm³/mol. The number of pyridine rings is 1. The Bertz CT molecular complexity index is 499. The van der Waals surface area contributed by atoms with Gasteiger partial charge in [0.15, 0.2) is 0 Å². The first-order valence-electron chi connectivity index (χ1n) is 4.98. The zero-order valence-corrected chi connectivity index (χ0v) is 9.45. The van der Waals surface area contributed by atoms with Crippen LogP contribution in [0.4, 0.5) is 5.69 Å². The number of nitrogens with zero attached hydrogens (tertiary/aromatic N) is 2. The summed E-state index contributed by atoms with van der Waals surface area (Å²) >= 11 is 0. The Kier molecular flexibility index (Phi) is 4.30. The molecule has 1 rings (SSSR count). The fourth-order valence-electron chi connectivity index (χ4n) is 1.26. The van der Waals surface area contributed by atoms with Crippen LogP contribution in [0.2, 0.25) is 0 Å². The summed E-state index contributed by atoms with van der Waals surface area (Å²) in [5.74, 6) is -2.02. The van der Waals surface area contributed by atoms with Gasteiger partial charge in [-0.2, -0.15) is 0 Å². The highest BCUT2D eigenvalue weighted by Gasteiger charge is 2.19. The zero-order valence-electron chi connectivity index (χ0n) is 9.45. The molecule has 0 unspecified atom stereocenters. The molecule has 1 aromatic heterocycles. The van der Waals surface area contributed by atoms with Gasteiger partial charge in [0.1, 0.15) is 6.20 Å². The Morgan fingerprint density at radius 1 is 1.56 bits per heavy atom. The molecule has 0 aromatic carbocycles. The summed E-state index contributed by atoms with van der Waals surface area (Å²) in [4.78, 5) is 35.5. The Morgan fingerprint density at radius 2 is 2.22 bits per heavy atom. The number of carbonyl (C=O) groups is 2. The lowest BCUT2D eigenvalue weighted by molar-refractivity contribution is -0.385. The van der Waals surface area contributed by atoms with Gasteiger partial charge in [-0.1, -0.05) is 0 Å². The highest BCUT2D eigenvalue weighted by atomic mass is 16.6. The summed E-state index contributed by atoms with van der Waals surface area (Å²) in [6.45, 7) is 1.77. The molecule has 8 nitrogen and oxygen atoms in total. The van der Waals surface area contributed by atoms with Crippen molar-refractivity contribution >= 4 is 17.6 Å². The maximum atomic E-state index is 11.2. The first kappa shape index (κ1) is 13.6. The number of aromatic nitrogens is 1. The average Bonchev–Trinajstić information content (AvgIpc) is 2.29. The molecule has 8 heteroatoms. The minimum absolute atomic E-state index is 0.0634. The summed E-state index contributed by atoms with van der Waals surface area (Å²) in [6, 6.07) is 0.865. The van der Waals surface area contributed by atoms with Gasteiger partial charge in [0, 0.05) is 6.07 Å². The minimum Gasteiger partial charge on any atom is -0.478 e. The van der Waals surface area contributed by atoms with Crippen molar-refractivity contribution in [1.29, 1.82) is 0 Å². The van der Waals surface area contributed by atoms with Crippen molar-refractivity contribution in [2.24, 2.45) is 0 Å². The second kappa shape index (κ2) is 5.71. The first-order valence-corrected chi connectivity index (χ1v) is 4.98. The van der Waals surface area contributed by atoms with Crippen molar-refractivity contribution in [2.75, 3.05) is 6.61 Å². The van der Waals surface area contributed by atoms with Gasteiger partial charge in [-0.25, -0.2) is 4.79 Å². The third-order valence-electron chi connectivity index (χ3n) is 2.01. The fraction of sp³-hybridized carbons (Fsp3) is 0.300. The zero-order chi connectivity index (χ0) is 13.7. The number of ether oxygens (including phenoxy) is 1. The van der Waals surface area contributed by atoms with Crippen LogP contribution in [0.3, 0.4) is 0 Å². The molecule has 1 N–H and O–H groups in total. The van der Waals surface area contributed by atoms with Crippen molar-refractivity contribution in [3.8, 4) is 0 Å². The average molecular weight is 254 g/mol. The summed E-state index contributed by atoms with van der Waals surface area (Å²) in [5.41, 5.74) is -0.885. The quantitative estimate of drug-likeness (QED) is 0.468. The van der Waals surface area contributed by atoms with Gasteiger partial charge >= 0.3 is 11.9 Å². The summed E-state index contributed by atoms with van der Waals surface area (Å²) in [5, 5.41) is 19.4. The number of nitro groups is 1. The number of carbonyl (C=O) groups excluding carboxylic acids is 1. The van der Waals surface area contributed by atoms with Crippen LogP contribution in [0, 0.1) is 10.1 Å². The van der Waals surface area contributed by atoms with Crippen molar-refractivity contribution in [2.45, 2.75) is 13.3 Å². The van der Waals surface area contributed by atoms with Gasteiger partial charge < -0.3 is 9.84 Å². The van der Waals surface area contributed by atoms with E-state index in [2.05, 4.69) is 9.72 Å². The summed E-state index contributed by atoms with van der Waals surface area (Å²) in [6.07, 6.45) is 0.564. The number of hydrogen-bond acceptors (Lipinski definition) is 6. The molecular weight excluding hydrogens is 244 g/mol. The molecule has 0 saturated heterocycles. The molecule has 0 saturated carbocycles. The Morgan fingerprint density at radius 3 is 2.72 bits per heavy atom. The third-order valence-corrected chi connectivity index (χ3v) is 2.01. The standard InChI is InChI=1S/C10H10N2O6/c1-2-18-9(13)4-8-7(10(14)15)3-6(5-11-8)12(16)17/h3,5H,2,4H2,1H3,(H,14,15). The van der Waals surface area contributed by atoms with E-state index in [0.29, 0.717) is 0 Å². The van der Waals surface area contributed by atoms with Gasteiger partial charge in [0.25, 0.3) is 5.69 Å². The lowest BCUT2D eigenvalue weighted by atomic mass is 10.1. The smallest absolute Gasteiger partial charge is 0.337 e. The maximum absolute atomic E-state index is 11.2. The fourth-order valence-corrected chi connectivity index (χ4v) is 1.26. The number of carboxylic acid groups (broad SMARTS) is 1. The lowest BCUT2D eigenvalue weighted by Gasteiger charge is -2.04. The van der Waals surface area contributed by atoms with Crippen LogP contribution in [0.5, 0.6) is 0 Å². The highest BCUT2D eigenvalue weighted by molar-refractivity contribution is 5.91. The molecule has 0 aliphatic rings. The van der Waals surface area contributed by atoms with Crippen LogP contribution < -0.4 is 0 Å². The van der Waals surface area contributed by atoms with Gasteiger partial charge in [0.05, 0.1) is 29.2 Å². The van der Waals surface area contributed by atoms with Crippen LogP contribution in [-0.4, -0.2) is 33.6 Å². The highest BCUT2D eigenvalue weighted by Crippen LogP contribution is 2.16. The number of esters is 1. The molecule has 0 radical (unpaired) electrons. The normalized spacial score (nSPS) is 9.83. The Hall–Kier alpha value is -2.51. The van der Waals surface area contributed by atoms with Gasteiger partial charge in [0.2, 0.25) is 0 Å². The van der Waals surface area contributed by atoms with Crippen LogP contribution >= 0.6 is 0 Å². The molecule has 0 aliphatic heterocycles. The summed E-state index contributed by atoms with van der Waals surface area (Å²) < 4.78 is 4.65. The molecule has 0 amide bonds. The molecule has 0 fully saturated rings. The minimum atomic E-state index is -1.38. The molecule has 1 aromatic rings. The SMILES string of the molecule is CCOC(=O)Cc1ncc([N+](=O)[O-])cc1C(=O)O. The second-order valence-electron chi connectivity index (χ2n) is 3.23. The maximum Gasteiger partial charge on any atom is 0.337 e. The molecule has 1 heterocycles. The van der Waals surface area contributed by atoms with E-state index in [9.17, 15) is 19.7 Å².